The van der Waals surface area contributed by atoms with Gasteiger partial charge in [0.1, 0.15) is 11.5 Å². The molecule has 2 heterocycles. The molecule has 0 atom stereocenters. The third-order valence-corrected chi connectivity index (χ3v) is 5.65. The Morgan fingerprint density at radius 1 is 1.19 bits per heavy atom. The van der Waals surface area contributed by atoms with Gasteiger partial charge in [-0.1, -0.05) is 31.2 Å². The Balaban J connectivity index is 1.64. The minimum Gasteiger partial charge on any atom is -0.507 e. The number of hydrogen-bond acceptors (Lipinski definition) is 4. The molecule has 2 aliphatic heterocycles. The second kappa shape index (κ2) is 7.20. The van der Waals surface area contributed by atoms with Crippen LogP contribution in [-0.2, 0) is 6.54 Å². The summed E-state index contributed by atoms with van der Waals surface area (Å²) in [5.74, 6) is 1.65. The quantitative estimate of drug-likeness (QED) is 0.813. The van der Waals surface area contributed by atoms with Crippen molar-refractivity contribution in [1.29, 1.82) is 0 Å². The van der Waals surface area contributed by atoms with Gasteiger partial charge in [0.2, 0.25) is 5.78 Å². The molecule has 4 rings (SSSR count). The van der Waals surface area contributed by atoms with Gasteiger partial charge in [-0.05, 0) is 68.1 Å². The maximum absolute atomic E-state index is 12.8. The molecule has 0 unspecified atom stereocenters. The first-order chi connectivity index (χ1) is 13.0. The van der Waals surface area contributed by atoms with Crippen molar-refractivity contribution in [3.05, 3.63) is 64.4 Å². The van der Waals surface area contributed by atoms with E-state index in [4.69, 9.17) is 4.74 Å². The van der Waals surface area contributed by atoms with Crippen LogP contribution in [0.1, 0.15) is 46.8 Å². The predicted molar refractivity (Wildman–Crippen MR) is 106 cm³/mol. The number of hydrogen-bond donors (Lipinski definition) is 1. The zero-order chi connectivity index (χ0) is 19.0. The Bertz CT molecular complexity index is 908. The summed E-state index contributed by atoms with van der Waals surface area (Å²) in [5, 5.41) is 10.4. The fraction of sp³-hybridized carbons (Fsp3) is 0.348. The number of rotatable bonds is 3. The molecule has 2 aliphatic rings. The first-order valence-corrected chi connectivity index (χ1v) is 9.60. The van der Waals surface area contributed by atoms with Crippen LogP contribution in [0.4, 0.5) is 0 Å². The molecule has 27 heavy (non-hydrogen) atoms. The number of allylic oxidation sites excluding steroid dienone is 1. The summed E-state index contributed by atoms with van der Waals surface area (Å²) < 4.78 is 5.98. The van der Waals surface area contributed by atoms with E-state index >= 15 is 0 Å². The smallest absolute Gasteiger partial charge is 0.231 e. The number of nitrogens with zero attached hydrogens (tertiary/aromatic N) is 1. The summed E-state index contributed by atoms with van der Waals surface area (Å²) in [6, 6.07) is 11.2. The largest absolute Gasteiger partial charge is 0.507 e. The van der Waals surface area contributed by atoms with Crippen LogP contribution in [0.5, 0.6) is 11.5 Å². The van der Waals surface area contributed by atoms with Gasteiger partial charge in [0.05, 0.1) is 11.1 Å². The van der Waals surface area contributed by atoms with Crippen LogP contribution in [0.3, 0.4) is 0 Å². The van der Waals surface area contributed by atoms with Gasteiger partial charge in [-0.3, -0.25) is 9.69 Å². The number of Topliss-reactive ketones (excluding diaryl/α,β-unsaturated/α-hetero) is 1. The Morgan fingerprint density at radius 2 is 1.93 bits per heavy atom. The van der Waals surface area contributed by atoms with Gasteiger partial charge in [-0.15, -0.1) is 0 Å². The molecule has 0 aliphatic carbocycles. The lowest BCUT2D eigenvalue weighted by atomic mass is 9.98. The number of ketones is 1. The lowest BCUT2D eigenvalue weighted by Gasteiger charge is -2.30. The van der Waals surface area contributed by atoms with Gasteiger partial charge in [0, 0.05) is 6.54 Å². The number of aryl methyl sites for hydroxylation is 1. The molecule has 0 aromatic heterocycles. The van der Waals surface area contributed by atoms with Gasteiger partial charge >= 0.3 is 0 Å². The predicted octanol–water partition coefficient (Wildman–Crippen LogP) is 4.55. The Labute approximate surface area is 160 Å². The van der Waals surface area contributed by atoms with Crippen molar-refractivity contribution in [3.8, 4) is 11.5 Å². The van der Waals surface area contributed by atoms with Gasteiger partial charge < -0.3 is 9.84 Å². The van der Waals surface area contributed by atoms with Crippen LogP contribution in [0.15, 0.2) is 42.2 Å². The van der Waals surface area contributed by atoms with Gasteiger partial charge in [-0.2, -0.15) is 0 Å². The molecule has 0 spiro atoms. The lowest BCUT2D eigenvalue weighted by Crippen LogP contribution is -2.32. The molecular formula is C23H25NO3. The van der Waals surface area contributed by atoms with Crippen LogP contribution in [0.2, 0.25) is 0 Å². The second-order valence-electron chi connectivity index (χ2n) is 7.69. The highest BCUT2D eigenvalue weighted by Gasteiger charge is 2.32. The summed E-state index contributed by atoms with van der Waals surface area (Å²) in [6.45, 7) is 6.90. The van der Waals surface area contributed by atoms with Crippen molar-refractivity contribution in [2.75, 3.05) is 13.1 Å². The molecule has 0 bridgehead atoms. The highest BCUT2D eigenvalue weighted by Crippen LogP contribution is 2.40. The molecule has 1 N–H and O–H groups in total. The normalized spacial score (nSPS) is 19.3. The fourth-order valence-corrected chi connectivity index (χ4v) is 3.78. The van der Waals surface area contributed by atoms with E-state index in [0.29, 0.717) is 29.2 Å². The zero-order valence-corrected chi connectivity index (χ0v) is 15.9. The van der Waals surface area contributed by atoms with Crippen molar-refractivity contribution >= 4 is 11.9 Å². The number of aromatic hydroxyl groups is 1. The second-order valence-corrected chi connectivity index (χ2v) is 7.69. The first kappa shape index (κ1) is 17.8. The number of carbonyl (C=O) groups is 1. The molecule has 1 fully saturated rings. The van der Waals surface area contributed by atoms with Crippen LogP contribution in [-0.4, -0.2) is 28.9 Å². The molecule has 0 saturated carbocycles. The number of likely N-dealkylation sites (tertiary alicyclic amines) is 1. The summed E-state index contributed by atoms with van der Waals surface area (Å²) in [4.78, 5) is 15.1. The van der Waals surface area contributed by atoms with E-state index in [0.717, 1.165) is 43.0 Å². The average molecular weight is 363 g/mol. The third-order valence-electron chi connectivity index (χ3n) is 5.65. The van der Waals surface area contributed by atoms with E-state index in [1.807, 2.05) is 31.2 Å². The number of benzene rings is 2. The first-order valence-electron chi connectivity index (χ1n) is 9.60. The number of phenols is 1. The van der Waals surface area contributed by atoms with Crippen LogP contribution < -0.4 is 4.74 Å². The third kappa shape index (κ3) is 3.50. The molecule has 4 heteroatoms. The lowest BCUT2D eigenvalue weighted by molar-refractivity contribution is 0.101. The maximum Gasteiger partial charge on any atom is 0.231 e. The molecule has 4 nitrogen and oxygen atoms in total. The molecule has 140 valence electrons. The van der Waals surface area contributed by atoms with Crippen LogP contribution in [0, 0.1) is 12.8 Å². The Morgan fingerprint density at radius 3 is 2.67 bits per heavy atom. The zero-order valence-electron chi connectivity index (χ0n) is 15.9. The van der Waals surface area contributed by atoms with Crippen LogP contribution >= 0.6 is 0 Å². The average Bonchev–Trinajstić information content (AvgIpc) is 2.97. The van der Waals surface area contributed by atoms with Crippen molar-refractivity contribution in [2.45, 2.75) is 33.2 Å². The van der Waals surface area contributed by atoms with Gasteiger partial charge in [-0.25, -0.2) is 0 Å². The molecule has 2 aromatic rings. The summed E-state index contributed by atoms with van der Waals surface area (Å²) >= 11 is 0. The summed E-state index contributed by atoms with van der Waals surface area (Å²) in [7, 11) is 0. The van der Waals surface area contributed by atoms with Crippen molar-refractivity contribution in [2.24, 2.45) is 5.92 Å². The van der Waals surface area contributed by atoms with Crippen molar-refractivity contribution in [3.63, 3.8) is 0 Å². The van der Waals surface area contributed by atoms with Gasteiger partial charge in [0.15, 0.2) is 5.76 Å². The van der Waals surface area contributed by atoms with E-state index in [1.54, 1.807) is 18.2 Å². The van der Waals surface area contributed by atoms with E-state index in [9.17, 15) is 9.90 Å². The monoisotopic (exact) mass is 363 g/mol. The van der Waals surface area contributed by atoms with E-state index in [1.165, 1.54) is 0 Å². The standard InChI is InChI=1S/C23H25NO3/c1-15-9-11-24(12-10-15)14-19-20(25)8-7-18-22(26)21(27-23(18)19)13-17-6-4-3-5-16(17)2/h3-8,13,15,25H,9-12,14H2,1-2H3/b21-13-. The molecular weight excluding hydrogens is 338 g/mol. The Hall–Kier alpha value is -2.59. The fourth-order valence-electron chi connectivity index (χ4n) is 3.78. The molecule has 0 amide bonds. The summed E-state index contributed by atoms with van der Waals surface area (Å²) in [5.41, 5.74) is 3.30. The minimum absolute atomic E-state index is 0.123. The SMILES string of the molecule is Cc1ccccc1/C=C1\Oc2c(ccc(O)c2CN2CCC(C)CC2)C1=O. The number of fused-ring (bicyclic) bond motifs is 1. The maximum atomic E-state index is 12.8. The van der Waals surface area contributed by atoms with Gasteiger partial charge in [0.25, 0.3) is 0 Å². The topological polar surface area (TPSA) is 49.8 Å². The number of carbonyl (C=O) groups excluding carboxylic acids is 1. The number of piperidine rings is 1. The molecule has 0 radical (unpaired) electrons. The minimum atomic E-state index is -0.123. The number of phenolic OH excluding ortho intramolecular Hbond substituents is 1. The van der Waals surface area contributed by atoms with Crippen molar-refractivity contribution in [1.82, 2.24) is 4.90 Å². The molecule has 1 saturated heterocycles. The highest BCUT2D eigenvalue weighted by atomic mass is 16.5. The van der Waals surface area contributed by atoms with E-state index < -0.39 is 0 Å². The van der Waals surface area contributed by atoms with E-state index in [2.05, 4.69) is 11.8 Å². The molecule has 2 aromatic carbocycles. The van der Waals surface area contributed by atoms with Crippen LogP contribution in [0.25, 0.3) is 6.08 Å². The Kier molecular flexibility index (Phi) is 4.75. The highest BCUT2D eigenvalue weighted by molar-refractivity contribution is 6.15. The van der Waals surface area contributed by atoms with E-state index in [-0.39, 0.29) is 11.5 Å². The number of ether oxygens (including phenoxy) is 1. The van der Waals surface area contributed by atoms with Crippen molar-refractivity contribution < 1.29 is 14.6 Å². The summed E-state index contributed by atoms with van der Waals surface area (Å²) in [6.07, 6.45) is 4.11.